The van der Waals surface area contributed by atoms with Gasteiger partial charge in [0.05, 0.1) is 5.69 Å². The summed E-state index contributed by atoms with van der Waals surface area (Å²) in [5.74, 6) is 0.534. The lowest BCUT2D eigenvalue weighted by molar-refractivity contribution is 0.617. The van der Waals surface area contributed by atoms with Gasteiger partial charge >= 0.3 is 0 Å². The fourth-order valence-electron chi connectivity index (χ4n) is 2.13. The zero-order valence-corrected chi connectivity index (χ0v) is 11.4. The largest absolute Gasteiger partial charge is 0.434 e. The number of fused-ring (bicyclic) bond motifs is 1. The van der Waals surface area contributed by atoms with Crippen LogP contribution in [-0.4, -0.2) is 4.98 Å². The normalized spacial score (nSPS) is 11.4. The minimum atomic E-state index is -0.286. The molecule has 0 saturated carbocycles. The summed E-state index contributed by atoms with van der Waals surface area (Å²) in [5.41, 5.74) is 9.75. The van der Waals surface area contributed by atoms with E-state index in [2.05, 4.69) is 18.8 Å². The van der Waals surface area contributed by atoms with Gasteiger partial charge in [0.25, 0.3) is 0 Å². The van der Waals surface area contributed by atoms with Crippen LogP contribution in [-0.2, 0) is 0 Å². The highest BCUT2D eigenvalue weighted by Gasteiger charge is 2.13. The molecule has 0 aliphatic carbocycles. The van der Waals surface area contributed by atoms with Crippen LogP contribution in [0.5, 0.6) is 0 Å². The Labute approximate surface area is 116 Å². The molecule has 0 fully saturated rings. The van der Waals surface area contributed by atoms with Gasteiger partial charge in [0, 0.05) is 5.56 Å². The van der Waals surface area contributed by atoms with Gasteiger partial charge in [0.2, 0.25) is 5.89 Å². The molecule has 0 amide bonds. The Bertz CT molecular complexity index is 760. The number of nitrogen functional groups attached to an aromatic ring is 1. The Morgan fingerprint density at radius 2 is 1.85 bits per heavy atom. The number of benzene rings is 2. The van der Waals surface area contributed by atoms with Crippen molar-refractivity contribution in [3.63, 3.8) is 0 Å². The molecule has 2 aromatic carbocycles. The van der Waals surface area contributed by atoms with Crippen LogP contribution in [0.4, 0.5) is 10.1 Å². The van der Waals surface area contributed by atoms with Crippen molar-refractivity contribution in [1.82, 2.24) is 4.98 Å². The predicted molar refractivity (Wildman–Crippen MR) is 77.9 cm³/mol. The highest BCUT2D eigenvalue weighted by atomic mass is 19.1. The van der Waals surface area contributed by atoms with Crippen molar-refractivity contribution in [2.24, 2.45) is 0 Å². The summed E-state index contributed by atoms with van der Waals surface area (Å²) in [6.07, 6.45) is 0. The van der Waals surface area contributed by atoms with Crippen LogP contribution in [0, 0.1) is 5.82 Å². The van der Waals surface area contributed by atoms with Gasteiger partial charge in [0.15, 0.2) is 5.58 Å². The lowest BCUT2D eigenvalue weighted by atomic mass is 10.0. The van der Waals surface area contributed by atoms with Crippen LogP contribution in [0.2, 0.25) is 0 Å². The molecule has 0 saturated heterocycles. The summed E-state index contributed by atoms with van der Waals surface area (Å²) < 4.78 is 18.6. The smallest absolute Gasteiger partial charge is 0.227 e. The standard InChI is InChI=1S/C16H15FN2O/c1-9(2)11-7-13(18)15-14(8-11)19-16(20-15)10-3-5-12(17)6-4-10/h3-9H,18H2,1-2H3. The van der Waals surface area contributed by atoms with E-state index in [1.807, 2.05) is 12.1 Å². The zero-order valence-electron chi connectivity index (χ0n) is 11.4. The molecule has 0 spiro atoms. The first kappa shape index (κ1) is 12.7. The molecule has 4 heteroatoms. The van der Waals surface area contributed by atoms with Gasteiger partial charge < -0.3 is 10.2 Å². The Hall–Kier alpha value is -2.36. The molecule has 1 aromatic heterocycles. The number of oxazole rings is 1. The molecule has 3 aromatic rings. The van der Waals surface area contributed by atoms with Crippen LogP contribution in [0.3, 0.4) is 0 Å². The quantitative estimate of drug-likeness (QED) is 0.705. The zero-order chi connectivity index (χ0) is 14.3. The number of nitrogens with zero attached hydrogens (tertiary/aromatic N) is 1. The fraction of sp³-hybridized carbons (Fsp3) is 0.188. The third-order valence-electron chi connectivity index (χ3n) is 3.30. The van der Waals surface area contributed by atoms with Gasteiger partial charge in [-0.1, -0.05) is 13.8 Å². The third-order valence-corrected chi connectivity index (χ3v) is 3.30. The Kier molecular flexibility index (Phi) is 2.93. The molecular weight excluding hydrogens is 255 g/mol. The summed E-state index contributed by atoms with van der Waals surface area (Å²) in [7, 11) is 0. The maximum atomic E-state index is 12.9. The van der Waals surface area contributed by atoms with E-state index in [0.29, 0.717) is 23.1 Å². The lowest BCUT2D eigenvalue weighted by Crippen LogP contribution is -1.92. The Balaban J connectivity index is 2.15. The first-order valence-electron chi connectivity index (χ1n) is 6.50. The van der Waals surface area contributed by atoms with Gasteiger partial charge in [-0.05, 0) is 47.9 Å². The van der Waals surface area contributed by atoms with Crippen molar-refractivity contribution in [3.8, 4) is 11.5 Å². The summed E-state index contributed by atoms with van der Waals surface area (Å²) in [4.78, 5) is 4.45. The van der Waals surface area contributed by atoms with E-state index < -0.39 is 0 Å². The topological polar surface area (TPSA) is 52.0 Å². The number of nitrogens with two attached hydrogens (primary N) is 1. The number of halogens is 1. The third kappa shape index (κ3) is 2.13. The van der Waals surface area contributed by atoms with Crippen molar-refractivity contribution in [2.75, 3.05) is 5.73 Å². The fourth-order valence-corrected chi connectivity index (χ4v) is 2.13. The molecule has 20 heavy (non-hydrogen) atoms. The van der Waals surface area contributed by atoms with Crippen LogP contribution < -0.4 is 5.73 Å². The molecule has 0 aliphatic heterocycles. The molecule has 0 atom stereocenters. The SMILES string of the molecule is CC(C)c1cc(N)c2oc(-c3ccc(F)cc3)nc2c1. The molecule has 3 rings (SSSR count). The van der Waals surface area contributed by atoms with Crippen LogP contribution in [0.15, 0.2) is 40.8 Å². The second-order valence-corrected chi connectivity index (χ2v) is 5.14. The van der Waals surface area contributed by atoms with E-state index in [9.17, 15) is 4.39 Å². The first-order chi connectivity index (χ1) is 9.54. The number of anilines is 1. The summed E-state index contributed by atoms with van der Waals surface area (Å²) in [6.45, 7) is 4.20. The highest BCUT2D eigenvalue weighted by molar-refractivity contribution is 5.87. The first-order valence-corrected chi connectivity index (χ1v) is 6.50. The molecule has 102 valence electrons. The maximum absolute atomic E-state index is 12.9. The van der Waals surface area contributed by atoms with E-state index in [0.717, 1.165) is 16.6 Å². The summed E-state index contributed by atoms with van der Waals surface area (Å²) in [5, 5.41) is 0. The predicted octanol–water partition coefficient (Wildman–Crippen LogP) is 4.34. The molecule has 0 aliphatic rings. The summed E-state index contributed by atoms with van der Waals surface area (Å²) >= 11 is 0. The molecule has 0 unspecified atom stereocenters. The van der Waals surface area contributed by atoms with E-state index in [4.69, 9.17) is 10.2 Å². The van der Waals surface area contributed by atoms with Gasteiger partial charge in [-0.25, -0.2) is 9.37 Å². The second-order valence-electron chi connectivity index (χ2n) is 5.14. The van der Waals surface area contributed by atoms with Crippen LogP contribution >= 0.6 is 0 Å². The van der Waals surface area contributed by atoms with Crippen molar-refractivity contribution in [3.05, 3.63) is 47.8 Å². The number of hydrogen-bond acceptors (Lipinski definition) is 3. The molecule has 0 bridgehead atoms. The summed E-state index contributed by atoms with van der Waals surface area (Å²) in [6, 6.07) is 9.93. The van der Waals surface area contributed by atoms with Crippen molar-refractivity contribution in [2.45, 2.75) is 19.8 Å². The van der Waals surface area contributed by atoms with Gasteiger partial charge in [-0.2, -0.15) is 0 Å². The second kappa shape index (κ2) is 4.63. The highest BCUT2D eigenvalue weighted by Crippen LogP contribution is 2.31. The van der Waals surface area contributed by atoms with Gasteiger partial charge in [0.1, 0.15) is 11.3 Å². The lowest BCUT2D eigenvalue weighted by Gasteiger charge is -2.05. The van der Waals surface area contributed by atoms with E-state index in [-0.39, 0.29) is 5.82 Å². The number of aromatic nitrogens is 1. The minimum absolute atomic E-state index is 0.286. The average Bonchev–Trinajstić information content (AvgIpc) is 2.84. The van der Waals surface area contributed by atoms with Crippen LogP contribution in [0.25, 0.3) is 22.6 Å². The Morgan fingerprint density at radius 3 is 2.50 bits per heavy atom. The van der Waals surface area contributed by atoms with Crippen molar-refractivity contribution < 1.29 is 8.81 Å². The Morgan fingerprint density at radius 1 is 1.15 bits per heavy atom. The molecular formula is C16H15FN2O. The van der Waals surface area contributed by atoms with Crippen molar-refractivity contribution >= 4 is 16.8 Å². The maximum Gasteiger partial charge on any atom is 0.227 e. The van der Waals surface area contributed by atoms with E-state index in [1.165, 1.54) is 12.1 Å². The average molecular weight is 270 g/mol. The molecule has 1 heterocycles. The molecule has 0 radical (unpaired) electrons. The number of hydrogen-bond donors (Lipinski definition) is 1. The molecule has 2 N–H and O–H groups in total. The number of rotatable bonds is 2. The molecule has 3 nitrogen and oxygen atoms in total. The van der Waals surface area contributed by atoms with E-state index in [1.54, 1.807) is 12.1 Å². The monoisotopic (exact) mass is 270 g/mol. The minimum Gasteiger partial charge on any atom is -0.434 e. The van der Waals surface area contributed by atoms with Crippen molar-refractivity contribution in [1.29, 1.82) is 0 Å². The van der Waals surface area contributed by atoms with Gasteiger partial charge in [-0.15, -0.1) is 0 Å². The van der Waals surface area contributed by atoms with Crippen LogP contribution in [0.1, 0.15) is 25.3 Å². The van der Waals surface area contributed by atoms with E-state index >= 15 is 0 Å². The van der Waals surface area contributed by atoms with Gasteiger partial charge in [-0.3, -0.25) is 0 Å².